The summed E-state index contributed by atoms with van der Waals surface area (Å²) in [4.78, 5) is 12.5. The Morgan fingerprint density at radius 2 is 1.87 bits per heavy atom. The van der Waals surface area contributed by atoms with E-state index in [0.717, 1.165) is 6.42 Å². The minimum atomic E-state index is -0.857. The normalized spacial score (nSPS) is 18.9. The van der Waals surface area contributed by atoms with Gasteiger partial charge in [-0.1, -0.05) is 12.5 Å². The van der Waals surface area contributed by atoms with Gasteiger partial charge < -0.3 is 41.4 Å². The second-order valence-corrected chi connectivity index (χ2v) is 7.30. The van der Waals surface area contributed by atoms with Gasteiger partial charge in [-0.2, -0.15) is 0 Å². The van der Waals surface area contributed by atoms with Gasteiger partial charge in [-0.05, 0) is 31.5 Å². The summed E-state index contributed by atoms with van der Waals surface area (Å²) < 4.78 is 11.5. The van der Waals surface area contributed by atoms with Gasteiger partial charge in [-0.3, -0.25) is 4.79 Å². The Morgan fingerprint density at radius 1 is 1.10 bits per heavy atom. The van der Waals surface area contributed by atoms with Gasteiger partial charge in [-0.15, -0.1) is 0 Å². The van der Waals surface area contributed by atoms with E-state index in [1.807, 2.05) is 0 Å². The molecule has 0 fully saturated rings. The van der Waals surface area contributed by atoms with Gasteiger partial charge in [0.15, 0.2) is 17.6 Å². The van der Waals surface area contributed by atoms with Crippen LogP contribution in [-0.2, 0) is 16.0 Å². The minimum Gasteiger partial charge on any atom is -0.508 e. The van der Waals surface area contributed by atoms with Crippen molar-refractivity contribution in [2.45, 2.75) is 43.9 Å². The molecule has 1 aliphatic rings. The first-order valence-corrected chi connectivity index (χ1v) is 9.69. The molecule has 1 heterocycles. The average Bonchev–Trinajstić information content (AvgIpc) is 2.70. The summed E-state index contributed by atoms with van der Waals surface area (Å²) in [6, 6.07) is 5.80. The molecule has 3 rings (SSSR count). The molecule has 1 aliphatic heterocycles. The molecule has 0 amide bonds. The van der Waals surface area contributed by atoms with Gasteiger partial charge >= 0.3 is 5.97 Å². The summed E-state index contributed by atoms with van der Waals surface area (Å²) in [5, 5.41) is 39.4. The molecule has 3 atom stereocenters. The Balaban J connectivity index is 1.88. The average molecular weight is 418 g/mol. The number of aromatic hydroxyl groups is 4. The number of esters is 1. The molecule has 0 saturated carbocycles. The maximum Gasteiger partial charge on any atom is 0.323 e. The van der Waals surface area contributed by atoms with Gasteiger partial charge in [0.2, 0.25) is 0 Å². The van der Waals surface area contributed by atoms with E-state index in [0.29, 0.717) is 30.5 Å². The first-order valence-electron chi connectivity index (χ1n) is 9.69. The van der Waals surface area contributed by atoms with Crippen molar-refractivity contribution in [3.63, 3.8) is 0 Å². The molecular formula is C21H26N2O7. The van der Waals surface area contributed by atoms with Crippen LogP contribution >= 0.6 is 0 Å². The Kier molecular flexibility index (Phi) is 6.53. The summed E-state index contributed by atoms with van der Waals surface area (Å²) in [7, 11) is 0. The van der Waals surface area contributed by atoms with Crippen LogP contribution in [0.1, 0.15) is 36.5 Å². The van der Waals surface area contributed by atoms with Crippen LogP contribution in [0.2, 0.25) is 0 Å². The van der Waals surface area contributed by atoms with Crippen molar-refractivity contribution in [3.05, 3.63) is 41.5 Å². The van der Waals surface area contributed by atoms with Crippen LogP contribution in [0.5, 0.6) is 28.7 Å². The summed E-state index contributed by atoms with van der Waals surface area (Å²) >= 11 is 0. The molecule has 3 unspecified atom stereocenters. The lowest BCUT2D eigenvalue weighted by Gasteiger charge is -2.34. The number of hydrogen-bond acceptors (Lipinski definition) is 9. The lowest BCUT2D eigenvalue weighted by atomic mass is 9.93. The van der Waals surface area contributed by atoms with Crippen molar-refractivity contribution in [1.82, 2.24) is 0 Å². The molecule has 30 heavy (non-hydrogen) atoms. The van der Waals surface area contributed by atoms with Crippen molar-refractivity contribution in [2.24, 2.45) is 11.5 Å². The Labute approximate surface area is 173 Å². The van der Waals surface area contributed by atoms with Crippen molar-refractivity contribution in [2.75, 3.05) is 6.54 Å². The number of phenols is 4. The monoisotopic (exact) mass is 418 g/mol. The highest BCUT2D eigenvalue weighted by Gasteiger charge is 2.37. The maximum atomic E-state index is 12.5. The van der Waals surface area contributed by atoms with E-state index in [1.165, 1.54) is 30.3 Å². The topological polar surface area (TPSA) is 168 Å². The molecule has 0 bridgehead atoms. The minimum absolute atomic E-state index is 0.106. The number of carbonyl (C=O) groups excluding carboxylic acids is 1. The molecule has 2 aromatic rings. The Morgan fingerprint density at radius 3 is 2.57 bits per heavy atom. The van der Waals surface area contributed by atoms with E-state index in [-0.39, 0.29) is 35.2 Å². The highest BCUT2D eigenvalue weighted by Crippen LogP contribution is 2.43. The quantitative estimate of drug-likeness (QED) is 0.222. The van der Waals surface area contributed by atoms with Gasteiger partial charge in [0, 0.05) is 29.7 Å². The molecule has 162 valence electrons. The Bertz CT molecular complexity index is 918. The zero-order chi connectivity index (χ0) is 21.8. The van der Waals surface area contributed by atoms with Crippen LogP contribution < -0.4 is 16.2 Å². The fraction of sp³-hybridized carbons (Fsp3) is 0.381. The predicted molar refractivity (Wildman–Crippen MR) is 107 cm³/mol. The number of hydrogen-bond donors (Lipinski definition) is 6. The number of fused-ring (bicyclic) bond motifs is 1. The Hall–Kier alpha value is -3.17. The predicted octanol–water partition coefficient (Wildman–Crippen LogP) is 1.55. The van der Waals surface area contributed by atoms with E-state index < -0.39 is 24.2 Å². The van der Waals surface area contributed by atoms with Crippen LogP contribution in [0, 0.1) is 0 Å². The highest BCUT2D eigenvalue weighted by atomic mass is 16.6. The maximum absolute atomic E-state index is 12.5. The highest BCUT2D eigenvalue weighted by molar-refractivity contribution is 5.75. The molecule has 9 nitrogen and oxygen atoms in total. The molecule has 8 N–H and O–H groups in total. The third-order valence-corrected chi connectivity index (χ3v) is 5.03. The number of rotatable bonds is 7. The lowest BCUT2D eigenvalue weighted by Crippen LogP contribution is -2.40. The van der Waals surface area contributed by atoms with E-state index in [9.17, 15) is 25.2 Å². The second-order valence-electron chi connectivity index (χ2n) is 7.30. The van der Waals surface area contributed by atoms with Crippen LogP contribution in [0.25, 0.3) is 0 Å². The zero-order valence-corrected chi connectivity index (χ0v) is 16.3. The van der Waals surface area contributed by atoms with E-state index in [2.05, 4.69) is 0 Å². The first kappa shape index (κ1) is 21.5. The third kappa shape index (κ3) is 4.69. The van der Waals surface area contributed by atoms with Crippen molar-refractivity contribution >= 4 is 5.97 Å². The number of phenolic OH excluding ortho intramolecular Hbond substituents is 4. The second kappa shape index (κ2) is 9.10. The molecule has 0 spiro atoms. The molecular weight excluding hydrogens is 392 g/mol. The summed E-state index contributed by atoms with van der Waals surface area (Å²) in [6.45, 7) is 0.507. The van der Waals surface area contributed by atoms with Crippen molar-refractivity contribution < 1.29 is 34.7 Å². The molecule has 2 aromatic carbocycles. The zero-order valence-electron chi connectivity index (χ0n) is 16.3. The van der Waals surface area contributed by atoms with Gasteiger partial charge in [0.1, 0.15) is 29.4 Å². The summed E-state index contributed by atoms with van der Waals surface area (Å²) in [5.74, 6) is -1.42. The summed E-state index contributed by atoms with van der Waals surface area (Å²) in [6.07, 6.45) is 0.244. The number of benzene rings is 2. The third-order valence-electron chi connectivity index (χ3n) is 5.03. The fourth-order valence-electron chi connectivity index (χ4n) is 3.41. The van der Waals surface area contributed by atoms with Gasteiger partial charge in [0.25, 0.3) is 0 Å². The number of ether oxygens (including phenoxy) is 2. The summed E-state index contributed by atoms with van der Waals surface area (Å²) in [5.41, 5.74) is 12.2. The van der Waals surface area contributed by atoms with E-state index in [1.54, 1.807) is 0 Å². The van der Waals surface area contributed by atoms with Gasteiger partial charge in [0.05, 0.1) is 0 Å². The smallest absolute Gasteiger partial charge is 0.323 e. The van der Waals surface area contributed by atoms with Crippen LogP contribution in [0.15, 0.2) is 30.3 Å². The van der Waals surface area contributed by atoms with E-state index >= 15 is 0 Å². The van der Waals surface area contributed by atoms with Crippen LogP contribution in [0.4, 0.5) is 0 Å². The van der Waals surface area contributed by atoms with Crippen molar-refractivity contribution in [3.8, 4) is 28.7 Å². The fourth-order valence-corrected chi connectivity index (χ4v) is 3.41. The number of carbonyl (C=O) groups is 1. The number of unbranched alkanes of at least 4 members (excludes halogenated alkanes) is 1. The molecule has 0 aliphatic carbocycles. The SMILES string of the molecule is NCCCCC(N)C(=O)OC1Cc2c(O)cc(O)cc2OC1c1ccc(O)c(O)c1. The molecule has 0 radical (unpaired) electrons. The first-order chi connectivity index (χ1) is 14.3. The van der Waals surface area contributed by atoms with Crippen LogP contribution in [-0.4, -0.2) is 45.1 Å². The molecule has 0 aromatic heterocycles. The van der Waals surface area contributed by atoms with Gasteiger partial charge in [-0.25, -0.2) is 0 Å². The molecule has 9 heteroatoms. The lowest BCUT2D eigenvalue weighted by molar-refractivity contribution is -0.157. The van der Waals surface area contributed by atoms with Crippen molar-refractivity contribution in [1.29, 1.82) is 0 Å². The van der Waals surface area contributed by atoms with E-state index in [4.69, 9.17) is 20.9 Å². The molecule has 0 saturated heterocycles. The number of nitrogens with two attached hydrogens (primary N) is 2. The standard InChI is InChI=1S/C21H26N2O7/c22-6-2-1-3-14(23)21(28)30-19-10-13-16(26)8-12(24)9-18(13)29-20(19)11-4-5-15(25)17(27)7-11/h4-5,7-9,14,19-20,24-27H,1-3,6,10,22-23H2. The largest absolute Gasteiger partial charge is 0.508 e. The van der Waals surface area contributed by atoms with Crippen LogP contribution in [0.3, 0.4) is 0 Å².